The van der Waals surface area contributed by atoms with Gasteiger partial charge in [-0.05, 0) is 63.3 Å². The number of carbonyl (C=O) groups is 1. The van der Waals surface area contributed by atoms with Gasteiger partial charge in [-0.2, -0.15) is 0 Å². The van der Waals surface area contributed by atoms with Crippen molar-refractivity contribution >= 4 is 5.91 Å². The van der Waals surface area contributed by atoms with E-state index < -0.39 is 0 Å². The van der Waals surface area contributed by atoms with Gasteiger partial charge in [0.25, 0.3) is 0 Å². The number of piperidine rings is 1. The van der Waals surface area contributed by atoms with E-state index in [9.17, 15) is 4.79 Å². The third kappa shape index (κ3) is 3.26. The first-order chi connectivity index (χ1) is 10.0. The molecule has 6 unspecified atom stereocenters. The van der Waals surface area contributed by atoms with E-state index in [2.05, 4.69) is 24.1 Å². The largest absolute Gasteiger partial charge is 0.352 e. The number of rotatable bonds is 4. The van der Waals surface area contributed by atoms with Crippen LogP contribution >= 0.6 is 0 Å². The molecule has 0 spiro atoms. The topological polar surface area (TPSA) is 58.4 Å². The fraction of sp³-hybridized carbons (Fsp3) is 0.941. The Morgan fingerprint density at radius 1 is 1.33 bits per heavy atom. The lowest BCUT2D eigenvalue weighted by molar-refractivity contribution is -0.127. The molecule has 1 aliphatic heterocycles. The summed E-state index contributed by atoms with van der Waals surface area (Å²) in [7, 11) is 0. The second-order valence-electron chi connectivity index (χ2n) is 7.85. The van der Waals surface area contributed by atoms with E-state index in [1.54, 1.807) is 0 Å². The van der Waals surface area contributed by atoms with Gasteiger partial charge in [-0.25, -0.2) is 0 Å². The number of nitrogens with one attached hydrogen (secondary N) is 1. The van der Waals surface area contributed by atoms with Crippen LogP contribution in [0.3, 0.4) is 0 Å². The van der Waals surface area contributed by atoms with Crippen molar-refractivity contribution in [3.05, 3.63) is 0 Å². The minimum Gasteiger partial charge on any atom is -0.352 e. The van der Waals surface area contributed by atoms with E-state index in [0.717, 1.165) is 12.5 Å². The van der Waals surface area contributed by atoms with Crippen molar-refractivity contribution in [2.75, 3.05) is 19.6 Å². The number of hydrogen-bond acceptors (Lipinski definition) is 3. The predicted octanol–water partition coefficient (Wildman–Crippen LogP) is 1.60. The number of amides is 1. The van der Waals surface area contributed by atoms with Gasteiger partial charge in [0.15, 0.2) is 0 Å². The summed E-state index contributed by atoms with van der Waals surface area (Å²) < 4.78 is 0. The van der Waals surface area contributed by atoms with Crippen LogP contribution in [-0.4, -0.2) is 42.5 Å². The highest BCUT2D eigenvalue weighted by atomic mass is 16.2. The molecule has 3 fully saturated rings. The van der Waals surface area contributed by atoms with Crippen LogP contribution in [0.1, 0.15) is 46.0 Å². The van der Waals surface area contributed by atoms with Crippen LogP contribution < -0.4 is 11.1 Å². The summed E-state index contributed by atoms with van der Waals surface area (Å²) in [4.78, 5) is 15.1. The van der Waals surface area contributed by atoms with Gasteiger partial charge in [-0.1, -0.05) is 6.92 Å². The Kier molecular flexibility index (Phi) is 4.55. The number of fused-ring (bicyclic) bond motifs is 2. The fourth-order valence-electron chi connectivity index (χ4n) is 4.95. The highest BCUT2D eigenvalue weighted by Gasteiger charge is 2.49. The zero-order chi connectivity index (χ0) is 15.0. The molecule has 3 N–H and O–H groups in total. The lowest BCUT2D eigenvalue weighted by Gasteiger charge is -2.34. The van der Waals surface area contributed by atoms with E-state index in [4.69, 9.17) is 5.73 Å². The van der Waals surface area contributed by atoms with E-state index in [1.165, 1.54) is 45.2 Å². The van der Waals surface area contributed by atoms with Crippen molar-refractivity contribution < 1.29 is 4.79 Å². The standard InChI is InChI=1S/C17H31N3O/c1-11-4-3-7-20(9-11)10-12(2)19-17(21)15-13-5-6-14(8-13)16(15)18/h11-16H,3-10,18H2,1-2H3,(H,19,21). The molecular weight excluding hydrogens is 262 g/mol. The van der Waals surface area contributed by atoms with Gasteiger partial charge in [-0.3, -0.25) is 4.79 Å². The zero-order valence-electron chi connectivity index (χ0n) is 13.6. The quantitative estimate of drug-likeness (QED) is 0.828. The highest BCUT2D eigenvalue weighted by molar-refractivity contribution is 5.80. The molecule has 0 aromatic carbocycles. The van der Waals surface area contributed by atoms with Crippen LogP contribution in [0.4, 0.5) is 0 Å². The summed E-state index contributed by atoms with van der Waals surface area (Å²) >= 11 is 0. The zero-order valence-corrected chi connectivity index (χ0v) is 13.6. The lowest BCUT2D eigenvalue weighted by atomic mass is 9.84. The molecule has 21 heavy (non-hydrogen) atoms. The number of hydrogen-bond donors (Lipinski definition) is 2. The Bertz CT molecular complexity index is 384. The van der Waals surface area contributed by atoms with Crippen LogP contribution in [0.15, 0.2) is 0 Å². The number of likely N-dealkylation sites (tertiary alicyclic amines) is 1. The molecule has 2 saturated carbocycles. The van der Waals surface area contributed by atoms with Crippen molar-refractivity contribution in [1.29, 1.82) is 0 Å². The Labute approximate surface area is 128 Å². The molecule has 1 heterocycles. The predicted molar refractivity (Wildman–Crippen MR) is 84.7 cm³/mol. The maximum Gasteiger partial charge on any atom is 0.225 e. The SMILES string of the molecule is CC1CCCN(CC(C)NC(=O)C2C3CCC(C3)C2N)C1. The fourth-order valence-corrected chi connectivity index (χ4v) is 4.95. The molecule has 0 radical (unpaired) electrons. The summed E-state index contributed by atoms with van der Waals surface area (Å²) in [6.07, 6.45) is 6.25. The van der Waals surface area contributed by atoms with Crippen LogP contribution in [0.5, 0.6) is 0 Å². The minimum absolute atomic E-state index is 0.0754. The monoisotopic (exact) mass is 293 g/mol. The average Bonchev–Trinajstić information content (AvgIpc) is 2.98. The number of carbonyl (C=O) groups excluding carboxylic acids is 1. The van der Waals surface area contributed by atoms with Crippen LogP contribution in [0.2, 0.25) is 0 Å². The van der Waals surface area contributed by atoms with E-state index in [1.807, 2.05) is 0 Å². The van der Waals surface area contributed by atoms with Gasteiger partial charge in [0, 0.05) is 25.2 Å². The van der Waals surface area contributed by atoms with E-state index in [-0.39, 0.29) is 23.9 Å². The maximum absolute atomic E-state index is 12.6. The molecule has 1 saturated heterocycles. The summed E-state index contributed by atoms with van der Waals surface area (Å²) in [6.45, 7) is 7.79. The Morgan fingerprint density at radius 2 is 2.10 bits per heavy atom. The Balaban J connectivity index is 1.48. The van der Waals surface area contributed by atoms with Crippen LogP contribution in [-0.2, 0) is 4.79 Å². The average molecular weight is 293 g/mol. The molecule has 6 atom stereocenters. The normalized spacial score (nSPS) is 41.2. The smallest absolute Gasteiger partial charge is 0.225 e. The van der Waals surface area contributed by atoms with Gasteiger partial charge < -0.3 is 16.0 Å². The van der Waals surface area contributed by atoms with Gasteiger partial charge in [0.05, 0.1) is 5.92 Å². The molecule has 0 aromatic rings. The molecule has 120 valence electrons. The first-order valence-electron chi connectivity index (χ1n) is 8.83. The van der Waals surface area contributed by atoms with Crippen molar-refractivity contribution in [2.24, 2.45) is 29.4 Å². The summed E-state index contributed by atoms with van der Waals surface area (Å²) in [6, 6.07) is 0.333. The van der Waals surface area contributed by atoms with Crippen molar-refractivity contribution in [3.8, 4) is 0 Å². The molecular formula is C17H31N3O. The van der Waals surface area contributed by atoms with Gasteiger partial charge in [-0.15, -0.1) is 0 Å². The molecule has 1 amide bonds. The first kappa shape index (κ1) is 15.3. The van der Waals surface area contributed by atoms with Gasteiger partial charge in [0.2, 0.25) is 5.91 Å². The Morgan fingerprint density at radius 3 is 2.76 bits per heavy atom. The summed E-state index contributed by atoms with van der Waals surface area (Å²) in [5.41, 5.74) is 6.27. The second-order valence-corrected chi connectivity index (χ2v) is 7.85. The van der Waals surface area contributed by atoms with Crippen LogP contribution in [0, 0.1) is 23.7 Å². The maximum atomic E-state index is 12.6. The lowest BCUT2D eigenvalue weighted by Crippen LogP contribution is -2.50. The molecule has 4 heteroatoms. The highest BCUT2D eigenvalue weighted by Crippen LogP contribution is 2.47. The van der Waals surface area contributed by atoms with E-state index in [0.29, 0.717) is 11.8 Å². The van der Waals surface area contributed by atoms with Crippen molar-refractivity contribution in [1.82, 2.24) is 10.2 Å². The number of nitrogens with zero attached hydrogens (tertiary/aromatic N) is 1. The third-order valence-corrected chi connectivity index (χ3v) is 5.95. The molecule has 4 nitrogen and oxygen atoms in total. The number of nitrogens with two attached hydrogens (primary N) is 1. The van der Waals surface area contributed by atoms with Gasteiger partial charge in [0.1, 0.15) is 0 Å². The summed E-state index contributed by atoms with van der Waals surface area (Å²) in [5.74, 6) is 2.23. The third-order valence-electron chi connectivity index (χ3n) is 5.95. The van der Waals surface area contributed by atoms with Crippen LogP contribution in [0.25, 0.3) is 0 Å². The summed E-state index contributed by atoms with van der Waals surface area (Å²) in [5, 5.41) is 3.24. The van der Waals surface area contributed by atoms with Crippen molar-refractivity contribution in [3.63, 3.8) is 0 Å². The molecule has 2 aliphatic carbocycles. The molecule has 2 bridgehead atoms. The minimum atomic E-state index is 0.0754. The first-order valence-corrected chi connectivity index (χ1v) is 8.83. The van der Waals surface area contributed by atoms with E-state index >= 15 is 0 Å². The molecule has 0 aromatic heterocycles. The molecule has 3 aliphatic rings. The second kappa shape index (κ2) is 6.25. The Hall–Kier alpha value is -0.610. The van der Waals surface area contributed by atoms with Gasteiger partial charge >= 0.3 is 0 Å². The molecule has 3 rings (SSSR count). The van der Waals surface area contributed by atoms with Crippen molar-refractivity contribution in [2.45, 2.75) is 58.0 Å².